The number of anilines is 1. The van der Waals surface area contributed by atoms with Crippen LogP contribution in [-0.2, 0) is 19.8 Å². The summed E-state index contributed by atoms with van der Waals surface area (Å²) >= 11 is 0. The number of rotatable bonds is 3. The van der Waals surface area contributed by atoms with Gasteiger partial charge in [-0.1, -0.05) is 12.1 Å². The molecule has 3 rings (SSSR count). The zero-order valence-electron chi connectivity index (χ0n) is 15.3. The number of halogens is 3. The van der Waals surface area contributed by atoms with Crippen LogP contribution in [0.4, 0.5) is 23.8 Å². The maximum absolute atomic E-state index is 12.6. The minimum Gasteiger partial charge on any atom is -0.322 e. The quantitative estimate of drug-likeness (QED) is 0.889. The molecule has 2 aromatic rings. The molecular formula is C18H22F3N5O. The van der Waals surface area contributed by atoms with Crippen LogP contribution in [-0.4, -0.2) is 51.8 Å². The monoisotopic (exact) mass is 381 g/mol. The van der Waals surface area contributed by atoms with Gasteiger partial charge in [-0.05, 0) is 24.6 Å². The van der Waals surface area contributed by atoms with Crippen molar-refractivity contribution >= 4 is 11.8 Å². The first-order valence-electron chi connectivity index (χ1n) is 8.67. The Morgan fingerprint density at radius 1 is 1.15 bits per heavy atom. The molecule has 6 nitrogen and oxygen atoms in total. The van der Waals surface area contributed by atoms with Crippen molar-refractivity contribution in [2.75, 3.05) is 31.5 Å². The molecule has 2 amide bonds. The first-order valence-corrected chi connectivity index (χ1v) is 8.67. The van der Waals surface area contributed by atoms with Crippen molar-refractivity contribution in [3.05, 3.63) is 47.2 Å². The van der Waals surface area contributed by atoms with Gasteiger partial charge in [-0.3, -0.25) is 14.9 Å². The molecule has 0 bridgehead atoms. The molecule has 0 spiro atoms. The second-order valence-electron chi connectivity index (χ2n) is 6.68. The maximum Gasteiger partial charge on any atom is 0.416 e. The highest BCUT2D eigenvalue weighted by atomic mass is 19.4. The van der Waals surface area contributed by atoms with Gasteiger partial charge in [0.15, 0.2) is 0 Å². The minimum absolute atomic E-state index is 0.174. The van der Waals surface area contributed by atoms with E-state index in [1.807, 2.05) is 6.92 Å². The smallest absolute Gasteiger partial charge is 0.322 e. The van der Waals surface area contributed by atoms with Gasteiger partial charge >= 0.3 is 12.2 Å². The molecule has 0 aliphatic carbocycles. The fourth-order valence-corrected chi connectivity index (χ4v) is 3.08. The molecule has 1 N–H and O–H groups in total. The number of amides is 2. The largest absolute Gasteiger partial charge is 0.416 e. The number of urea groups is 1. The third-order valence-corrected chi connectivity index (χ3v) is 4.58. The number of hydrogen-bond donors (Lipinski definition) is 1. The Balaban J connectivity index is 1.50. The topological polar surface area (TPSA) is 53.4 Å². The van der Waals surface area contributed by atoms with Crippen LogP contribution in [0.15, 0.2) is 30.3 Å². The SMILES string of the molecule is Cc1cc(NC(=O)N2CCN(Cc3ccc(C(F)(F)F)cc3)CC2)n(C)n1. The minimum atomic E-state index is -4.32. The summed E-state index contributed by atoms with van der Waals surface area (Å²) in [5.41, 5.74) is 1.01. The van der Waals surface area contributed by atoms with E-state index >= 15 is 0 Å². The van der Waals surface area contributed by atoms with Crippen LogP contribution >= 0.6 is 0 Å². The van der Waals surface area contributed by atoms with E-state index in [1.54, 1.807) is 22.7 Å². The number of piperazine rings is 1. The Bertz CT molecular complexity index is 792. The predicted octanol–water partition coefficient (Wildman–Crippen LogP) is 3.10. The summed E-state index contributed by atoms with van der Waals surface area (Å²) in [6.07, 6.45) is -4.32. The summed E-state index contributed by atoms with van der Waals surface area (Å²) in [5, 5.41) is 7.04. The molecule has 9 heteroatoms. The van der Waals surface area contributed by atoms with Crippen LogP contribution in [0.2, 0.25) is 0 Å². The lowest BCUT2D eigenvalue weighted by molar-refractivity contribution is -0.137. The number of benzene rings is 1. The van der Waals surface area contributed by atoms with E-state index in [0.717, 1.165) is 23.4 Å². The zero-order chi connectivity index (χ0) is 19.6. The molecule has 0 unspecified atom stereocenters. The van der Waals surface area contributed by atoms with Gasteiger partial charge in [0, 0.05) is 45.8 Å². The van der Waals surface area contributed by atoms with Gasteiger partial charge in [-0.25, -0.2) is 4.79 Å². The molecule has 1 aliphatic rings. The standard InChI is InChI=1S/C18H22F3N5O/c1-13-11-16(24(2)23-13)22-17(27)26-9-7-25(8-10-26)12-14-3-5-15(6-4-14)18(19,20)21/h3-6,11H,7-10,12H2,1-2H3,(H,22,27). The number of aryl methyl sites for hydroxylation is 2. The summed E-state index contributed by atoms with van der Waals surface area (Å²) in [4.78, 5) is 16.2. The van der Waals surface area contributed by atoms with E-state index in [2.05, 4.69) is 15.3 Å². The van der Waals surface area contributed by atoms with E-state index in [4.69, 9.17) is 0 Å². The lowest BCUT2D eigenvalue weighted by atomic mass is 10.1. The van der Waals surface area contributed by atoms with Crippen LogP contribution in [0.3, 0.4) is 0 Å². The number of alkyl halides is 3. The van der Waals surface area contributed by atoms with Crippen molar-refractivity contribution < 1.29 is 18.0 Å². The zero-order valence-corrected chi connectivity index (χ0v) is 15.3. The van der Waals surface area contributed by atoms with Gasteiger partial charge in [0.25, 0.3) is 0 Å². The lowest BCUT2D eigenvalue weighted by Gasteiger charge is -2.34. The third-order valence-electron chi connectivity index (χ3n) is 4.58. The van der Waals surface area contributed by atoms with Gasteiger partial charge in [-0.2, -0.15) is 18.3 Å². The van der Waals surface area contributed by atoms with Gasteiger partial charge in [0.2, 0.25) is 0 Å². The van der Waals surface area contributed by atoms with Crippen molar-refractivity contribution in [1.29, 1.82) is 0 Å². The number of carbonyl (C=O) groups excluding carboxylic acids is 1. The van der Waals surface area contributed by atoms with Gasteiger partial charge in [0.1, 0.15) is 5.82 Å². The summed E-state index contributed by atoms with van der Waals surface area (Å²) in [5.74, 6) is 0.643. The third kappa shape index (κ3) is 4.79. The maximum atomic E-state index is 12.6. The van der Waals surface area contributed by atoms with E-state index in [1.165, 1.54) is 12.1 Å². The molecule has 0 saturated carbocycles. The van der Waals surface area contributed by atoms with Crippen molar-refractivity contribution in [3.8, 4) is 0 Å². The van der Waals surface area contributed by atoms with Crippen molar-refractivity contribution in [2.45, 2.75) is 19.6 Å². The van der Waals surface area contributed by atoms with Crippen LogP contribution in [0.5, 0.6) is 0 Å². The highest BCUT2D eigenvalue weighted by Crippen LogP contribution is 2.29. The van der Waals surface area contributed by atoms with Crippen molar-refractivity contribution in [1.82, 2.24) is 19.6 Å². The van der Waals surface area contributed by atoms with E-state index in [-0.39, 0.29) is 6.03 Å². The number of nitrogens with one attached hydrogen (secondary N) is 1. The van der Waals surface area contributed by atoms with Crippen LogP contribution in [0.25, 0.3) is 0 Å². The van der Waals surface area contributed by atoms with E-state index < -0.39 is 11.7 Å². The normalized spacial score (nSPS) is 15.8. The second kappa shape index (κ2) is 7.59. The molecule has 1 aromatic carbocycles. The van der Waals surface area contributed by atoms with Gasteiger partial charge < -0.3 is 4.90 Å². The van der Waals surface area contributed by atoms with Gasteiger partial charge in [0.05, 0.1) is 11.3 Å². The Morgan fingerprint density at radius 2 is 1.78 bits per heavy atom. The fraction of sp³-hybridized carbons (Fsp3) is 0.444. The highest BCUT2D eigenvalue weighted by Gasteiger charge is 2.30. The Labute approximate surface area is 155 Å². The van der Waals surface area contributed by atoms with Crippen molar-refractivity contribution in [3.63, 3.8) is 0 Å². The van der Waals surface area contributed by atoms with Gasteiger partial charge in [-0.15, -0.1) is 0 Å². The Kier molecular flexibility index (Phi) is 5.41. The average molecular weight is 381 g/mol. The fourth-order valence-electron chi connectivity index (χ4n) is 3.08. The summed E-state index contributed by atoms with van der Waals surface area (Å²) in [6, 6.07) is 6.86. The van der Waals surface area contributed by atoms with E-state index in [9.17, 15) is 18.0 Å². The summed E-state index contributed by atoms with van der Waals surface area (Å²) in [7, 11) is 1.77. The van der Waals surface area contributed by atoms with Crippen molar-refractivity contribution in [2.24, 2.45) is 7.05 Å². The Hall–Kier alpha value is -2.55. The second-order valence-corrected chi connectivity index (χ2v) is 6.68. The molecule has 27 heavy (non-hydrogen) atoms. The molecular weight excluding hydrogens is 359 g/mol. The number of hydrogen-bond acceptors (Lipinski definition) is 3. The Morgan fingerprint density at radius 3 is 2.30 bits per heavy atom. The molecule has 1 aliphatic heterocycles. The lowest BCUT2D eigenvalue weighted by Crippen LogP contribution is -2.49. The average Bonchev–Trinajstić information content (AvgIpc) is 2.92. The highest BCUT2D eigenvalue weighted by molar-refractivity contribution is 5.88. The summed E-state index contributed by atoms with van der Waals surface area (Å²) < 4.78 is 39.5. The first-order chi connectivity index (χ1) is 12.7. The first kappa shape index (κ1) is 19.2. The van der Waals surface area contributed by atoms with Crippen LogP contribution < -0.4 is 5.32 Å². The molecule has 1 fully saturated rings. The van der Waals surface area contributed by atoms with Crippen LogP contribution in [0, 0.1) is 6.92 Å². The molecule has 2 heterocycles. The molecule has 146 valence electrons. The number of carbonyl (C=O) groups is 1. The predicted molar refractivity (Wildman–Crippen MR) is 95.3 cm³/mol. The van der Waals surface area contributed by atoms with E-state index in [0.29, 0.717) is 38.5 Å². The molecule has 1 aromatic heterocycles. The molecule has 1 saturated heterocycles. The number of nitrogens with zero attached hydrogens (tertiary/aromatic N) is 4. The summed E-state index contributed by atoms with van der Waals surface area (Å²) in [6.45, 7) is 4.87. The number of aromatic nitrogens is 2. The molecule has 0 radical (unpaired) electrons. The molecule has 0 atom stereocenters. The van der Waals surface area contributed by atoms with Crippen LogP contribution in [0.1, 0.15) is 16.8 Å².